The van der Waals surface area contributed by atoms with Gasteiger partial charge in [0.05, 0.1) is 0 Å². The van der Waals surface area contributed by atoms with Crippen LogP contribution in [-0.4, -0.2) is 12.2 Å². The van der Waals surface area contributed by atoms with E-state index in [4.69, 9.17) is 11.5 Å². The molecule has 0 amide bonds. The highest BCUT2D eigenvalue weighted by Crippen LogP contribution is 1.97. The van der Waals surface area contributed by atoms with Crippen LogP contribution >= 0.6 is 0 Å². The number of hydrogen-bond donors (Lipinski definition) is 3. The number of benzene rings is 1. The highest BCUT2D eigenvalue weighted by atomic mass is 19.1. The van der Waals surface area contributed by atoms with E-state index in [2.05, 4.69) is 10.2 Å². The molecule has 0 aliphatic rings. The molecule has 0 fully saturated rings. The lowest BCUT2D eigenvalue weighted by atomic mass is 10.2. The molecule has 1 aromatic carbocycles. The molecule has 0 spiro atoms. The molecule has 5 heteroatoms. The van der Waals surface area contributed by atoms with E-state index in [1.807, 2.05) is 0 Å². The molecule has 1 aromatic rings. The maximum atomic E-state index is 12.4. The fourth-order valence-electron chi connectivity index (χ4n) is 0.740. The van der Waals surface area contributed by atoms with E-state index in [0.717, 1.165) is 5.56 Å². The summed E-state index contributed by atoms with van der Waals surface area (Å²) in [6, 6.07) is 5.90. The van der Waals surface area contributed by atoms with Crippen LogP contribution in [0.25, 0.3) is 0 Å². The summed E-state index contributed by atoms with van der Waals surface area (Å²) in [4.78, 5) is 0. The van der Waals surface area contributed by atoms with Crippen LogP contribution in [0.15, 0.2) is 29.4 Å². The molecule has 0 bridgehead atoms. The first-order valence-corrected chi connectivity index (χ1v) is 3.61. The third kappa shape index (κ3) is 3.33. The van der Waals surface area contributed by atoms with Gasteiger partial charge in [0.2, 0.25) is 6.21 Å². The van der Waals surface area contributed by atoms with Crippen molar-refractivity contribution in [1.82, 2.24) is 0 Å². The normalized spacial score (nSPS) is 10.2. The van der Waals surface area contributed by atoms with E-state index in [9.17, 15) is 4.39 Å². The van der Waals surface area contributed by atoms with Gasteiger partial charge in [-0.2, -0.15) is 0 Å². The average Bonchev–Trinajstić information content (AvgIpc) is 2.08. The standard InChI is InChI=1S/C8H9FN4/c9-7-3-1-6(2-4-7)5-12-13-8(10)11/h1-5H,(H4,10,11,13)/p+1. The molecule has 68 valence electrons. The van der Waals surface area contributed by atoms with Gasteiger partial charge in [0.15, 0.2) is 0 Å². The van der Waals surface area contributed by atoms with E-state index in [1.54, 1.807) is 18.3 Å². The number of rotatable bonds is 2. The number of nitrogens with one attached hydrogen (secondary N) is 1. The third-order valence-electron chi connectivity index (χ3n) is 1.29. The number of halogens is 1. The molecule has 0 unspecified atom stereocenters. The summed E-state index contributed by atoms with van der Waals surface area (Å²) in [7, 11) is 0. The molecule has 0 aliphatic heterocycles. The maximum Gasteiger partial charge on any atom is 0.256 e. The van der Waals surface area contributed by atoms with Crippen LogP contribution in [0, 0.1) is 5.82 Å². The Morgan fingerprint density at radius 1 is 1.31 bits per heavy atom. The Hall–Kier alpha value is -1.91. The van der Waals surface area contributed by atoms with Crippen molar-refractivity contribution in [3.63, 3.8) is 0 Å². The summed E-state index contributed by atoms with van der Waals surface area (Å²) in [6.07, 6.45) is 1.55. The second kappa shape index (κ2) is 4.20. The second-order valence-corrected chi connectivity index (χ2v) is 2.36. The zero-order chi connectivity index (χ0) is 9.68. The third-order valence-corrected chi connectivity index (χ3v) is 1.29. The first kappa shape index (κ1) is 9.18. The van der Waals surface area contributed by atoms with Crippen molar-refractivity contribution in [3.8, 4) is 0 Å². The number of guanidine groups is 1. The highest BCUT2D eigenvalue weighted by Gasteiger charge is 1.91. The van der Waals surface area contributed by atoms with Crippen LogP contribution in [0.2, 0.25) is 0 Å². The van der Waals surface area contributed by atoms with E-state index < -0.39 is 0 Å². The molecule has 4 nitrogen and oxygen atoms in total. The SMILES string of the molecule is NC(N)=N[NH+]=Cc1ccc(F)cc1. The minimum Gasteiger partial charge on any atom is -0.365 e. The highest BCUT2D eigenvalue weighted by molar-refractivity contribution is 5.76. The topological polar surface area (TPSA) is 78.4 Å². The Bertz CT molecular complexity index is 325. The van der Waals surface area contributed by atoms with Gasteiger partial charge >= 0.3 is 0 Å². The Balaban J connectivity index is 2.70. The number of hydrazone groups is 1. The molecule has 0 saturated heterocycles. The summed E-state index contributed by atoms with van der Waals surface area (Å²) in [6.45, 7) is 0. The zero-order valence-electron chi connectivity index (χ0n) is 6.87. The van der Waals surface area contributed by atoms with Crippen LogP contribution in [-0.2, 0) is 0 Å². The molecule has 0 aliphatic carbocycles. The minimum atomic E-state index is -0.279. The lowest BCUT2D eigenvalue weighted by molar-refractivity contribution is -0.456. The van der Waals surface area contributed by atoms with E-state index in [1.165, 1.54) is 12.1 Å². The number of nitrogens with zero attached hydrogens (tertiary/aromatic N) is 1. The molecule has 0 aromatic heterocycles. The molecule has 0 radical (unpaired) electrons. The van der Waals surface area contributed by atoms with Crippen LogP contribution in [0.5, 0.6) is 0 Å². The largest absolute Gasteiger partial charge is 0.365 e. The minimum absolute atomic E-state index is 0.0571. The van der Waals surface area contributed by atoms with Crippen molar-refractivity contribution in [1.29, 1.82) is 0 Å². The Morgan fingerprint density at radius 3 is 2.46 bits per heavy atom. The fourth-order valence-corrected chi connectivity index (χ4v) is 0.740. The van der Waals surface area contributed by atoms with Gasteiger partial charge in [0.1, 0.15) is 5.82 Å². The van der Waals surface area contributed by atoms with Crippen LogP contribution in [0.4, 0.5) is 4.39 Å². The predicted molar refractivity (Wildman–Crippen MR) is 48.3 cm³/mol. The van der Waals surface area contributed by atoms with Crippen molar-refractivity contribution in [2.75, 3.05) is 0 Å². The monoisotopic (exact) mass is 181 g/mol. The van der Waals surface area contributed by atoms with Crippen molar-refractivity contribution in [3.05, 3.63) is 35.6 Å². The number of hydrogen-bond acceptors (Lipinski definition) is 1. The summed E-state index contributed by atoms with van der Waals surface area (Å²) in [5.74, 6) is -0.336. The Labute approximate surface area is 74.8 Å². The van der Waals surface area contributed by atoms with Crippen LogP contribution in [0.1, 0.15) is 5.56 Å². The van der Waals surface area contributed by atoms with E-state index in [-0.39, 0.29) is 11.8 Å². The van der Waals surface area contributed by atoms with Crippen LogP contribution < -0.4 is 16.6 Å². The Morgan fingerprint density at radius 2 is 1.92 bits per heavy atom. The van der Waals surface area contributed by atoms with Gasteiger partial charge in [-0.05, 0) is 24.3 Å². The van der Waals surface area contributed by atoms with Crippen molar-refractivity contribution < 1.29 is 9.49 Å². The molecular formula is C8H10FN4+. The molecule has 0 atom stereocenters. The summed E-state index contributed by atoms with van der Waals surface area (Å²) < 4.78 is 12.4. The van der Waals surface area contributed by atoms with Gasteiger partial charge in [0.25, 0.3) is 5.96 Å². The second-order valence-electron chi connectivity index (χ2n) is 2.36. The van der Waals surface area contributed by atoms with Gasteiger partial charge in [-0.3, -0.25) is 0 Å². The predicted octanol–water partition coefficient (Wildman–Crippen LogP) is -1.49. The van der Waals surface area contributed by atoms with Crippen molar-refractivity contribution in [2.24, 2.45) is 16.6 Å². The van der Waals surface area contributed by atoms with E-state index in [0.29, 0.717) is 0 Å². The van der Waals surface area contributed by atoms with Crippen LogP contribution in [0.3, 0.4) is 0 Å². The Kier molecular flexibility index (Phi) is 2.97. The van der Waals surface area contributed by atoms with Gasteiger partial charge in [-0.1, -0.05) is 0 Å². The van der Waals surface area contributed by atoms with Gasteiger partial charge in [-0.15, -0.1) is 5.10 Å². The lowest BCUT2D eigenvalue weighted by Crippen LogP contribution is -2.63. The molecule has 5 N–H and O–H groups in total. The van der Waals surface area contributed by atoms with Crippen molar-refractivity contribution in [2.45, 2.75) is 0 Å². The molecule has 13 heavy (non-hydrogen) atoms. The van der Waals surface area contributed by atoms with Gasteiger partial charge in [0, 0.05) is 10.7 Å². The van der Waals surface area contributed by atoms with Crippen molar-refractivity contribution >= 4 is 12.2 Å². The molecule has 1 rings (SSSR count). The summed E-state index contributed by atoms with van der Waals surface area (Å²) in [5.41, 5.74) is 10.9. The zero-order valence-corrected chi connectivity index (χ0v) is 6.87. The summed E-state index contributed by atoms with van der Waals surface area (Å²) in [5, 5.41) is 6.03. The van der Waals surface area contributed by atoms with E-state index >= 15 is 0 Å². The molecule has 0 heterocycles. The maximum absolute atomic E-state index is 12.4. The molecule has 0 saturated carbocycles. The quantitative estimate of drug-likeness (QED) is 0.295. The lowest BCUT2D eigenvalue weighted by Gasteiger charge is -1.86. The van der Waals surface area contributed by atoms with Gasteiger partial charge in [-0.25, -0.2) is 4.39 Å². The first-order chi connectivity index (χ1) is 6.18. The number of nitrogens with two attached hydrogens (primary N) is 2. The van der Waals surface area contributed by atoms with Gasteiger partial charge < -0.3 is 11.5 Å². The summed E-state index contributed by atoms with van der Waals surface area (Å²) >= 11 is 0. The average molecular weight is 181 g/mol. The molecular weight excluding hydrogens is 171 g/mol. The fraction of sp³-hybridized carbons (Fsp3) is 0. The first-order valence-electron chi connectivity index (χ1n) is 3.61. The smallest absolute Gasteiger partial charge is 0.256 e.